The van der Waals surface area contributed by atoms with Crippen LogP contribution in [-0.2, 0) is 9.59 Å². The van der Waals surface area contributed by atoms with E-state index in [1.54, 1.807) is 29.2 Å². The Bertz CT molecular complexity index is 934. The molecule has 0 saturated carbocycles. The molecule has 2 aromatic rings. The zero-order valence-electron chi connectivity index (χ0n) is 18.4. The van der Waals surface area contributed by atoms with Crippen LogP contribution in [0.15, 0.2) is 60.2 Å². The number of benzene rings is 2. The zero-order chi connectivity index (χ0) is 22.4. The molecule has 1 fully saturated rings. The van der Waals surface area contributed by atoms with E-state index in [9.17, 15) is 14.7 Å². The largest absolute Gasteiger partial charge is 0.507 e. The number of hydrogen-bond acceptors (Lipinski definition) is 4. The maximum atomic E-state index is 13.0. The summed E-state index contributed by atoms with van der Waals surface area (Å²) in [6, 6.07) is 15.7. The maximum Gasteiger partial charge on any atom is 0.295 e. The molecule has 0 aromatic heterocycles. The van der Waals surface area contributed by atoms with Gasteiger partial charge in [0.25, 0.3) is 11.7 Å². The number of likely N-dealkylation sites (tertiary alicyclic amines) is 1. The second-order valence-electron chi connectivity index (χ2n) is 7.57. The number of nitrogens with one attached hydrogen (secondary N) is 1. The highest BCUT2D eigenvalue weighted by Crippen LogP contribution is 2.39. The van der Waals surface area contributed by atoms with E-state index in [1.807, 2.05) is 37.3 Å². The molecule has 31 heavy (non-hydrogen) atoms. The molecular weight excluding hydrogens is 392 g/mol. The van der Waals surface area contributed by atoms with Gasteiger partial charge in [-0.25, -0.2) is 0 Å². The van der Waals surface area contributed by atoms with Crippen molar-refractivity contribution in [1.82, 2.24) is 4.90 Å². The number of carbonyl (C=O) groups excluding carboxylic acids is 2. The Kier molecular flexibility index (Phi) is 7.47. The highest BCUT2D eigenvalue weighted by molar-refractivity contribution is 6.46. The van der Waals surface area contributed by atoms with Gasteiger partial charge in [0.05, 0.1) is 44.4 Å². The summed E-state index contributed by atoms with van der Waals surface area (Å²) >= 11 is 0. The van der Waals surface area contributed by atoms with Crippen molar-refractivity contribution in [3.8, 4) is 5.75 Å². The minimum Gasteiger partial charge on any atom is -0.507 e. The van der Waals surface area contributed by atoms with Crippen molar-refractivity contribution in [3.05, 3.63) is 71.3 Å². The predicted octanol–water partition coefficient (Wildman–Crippen LogP) is 2.43. The molecule has 1 saturated heterocycles. The van der Waals surface area contributed by atoms with Gasteiger partial charge in [-0.2, -0.15) is 0 Å². The minimum atomic E-state index is -0.644. The third kappa shape index (κ3) is 4.80. The number of carbonyl (C=O) groups is 2. The van der Waals surface area contributed by atoms with Crippen molar-refractivity contribution in [1.29, 1.82) is 0 Å². The molecule has 0 radical (unpaired) electrons. The van der Waals surface area contributed by atoms with Crippen LogP contribution in [0.25, 0.3) is 5.76 Å². The highest BCUT2D eigenvalue weighted by atomic mass is 16.5. The van der Waals surface area contributed by atoms with Gasteiger partial charge in [-0.3, -0.25) is 9.59 Å². The monoisotopic (exact) mass is 423 g/mol. The van der Waals surface area contributed by atoms with Crippen molar-refractivity contribution < 1.29 is 24.3 Å². The van der Waals surface area contributed by atoms with Gasteiger partial charge in [-0.05, 0) is 50.6 Å². The summed E-state index contributed by atoms with van der Waals surface area (Å²) in [4.78, 5) is 28.9. The number of ether oxygens (including phenoxy) is 1. The summed E-state index contributed by atoms with van der Waals surface area (Å²) in [5, 5.41) is 11.1. The van der Waals surface area contributed by atoms with Crippen molar-refractivity contribution in [2.24, 2.45) is 0 Å². The van der Waals surface area contributed by atoms with Crippen LogP contribution in [0.3, 0.4) is 0 Å². The molecule has 1 aliphatic rings. The molecule has 1 heterocycles. The van der Waals surface area contributed by atoms with E-state index in [1.165, 1.54) is 4.90 Å². The summed E-state index contributed by atoms with van der Waals surface area (Å²) in [7, 11) is 0. The molecular formula is C25H31N2O4+. The molecule has 0 bridgehead atoms. The first-order valence-corrected chi connectivity index (χ1v) is 10.9. The Hall–Kier alpha value is -3.12. The predicted molar refractivity (Wildman–Crippen MR) is 120 cm³/mol. The summed E-state index contributed by atoms with van der Waals surface area (Å²) in [5.41, 5.74) is 1.43. The number of aliphatic hydroxyl groups is 1. The van der Waals surface area contributed by atoms with E-state index >= 15 is 0 Å². The molecule has 0 unspecified atom stereocenters. The second-order valence-corrected chi connectivity index (χ2v) is 7.57. The van der Waals surface area contributed by atoms with Gasteiger partial charge in [-0.1, -0.05) is 30.3 Å². The Morgan fingerprint density at radius 2 is 1.65 bits per heavy atom. The third-order valence-electron chi connectivity index (χ3n) is 5.80. The first-order valence-electron chi connectivity index (χ1n) is 10.9. The van der Waals surface area contributed by atoms with Crippen LogP contribution >= 0.6 is 0 Å². The molecule has 0 aliphatic carbocycles. The Morgan fingerprint density at radius 1 is 1.00 bits per heavy atom. The first kappa shape index (κ1) is 22.6. The number of Topliss-reactive ketones (excluding diaryl/α,β-unsaturated/α-hetero) is 1. The van der Waals surface area contributed by atoms with Crippen LogP contribution in [0.1, 0.15) is 37.9 Å². The minimum absolute atomic E-state index is 0.134. The first-order chi connectivity index (χ1) is 15.0. The van der Waals surface area contributed by atoms with E-state index < -0.39 is 17.7 Å². The molecule has 1 atom stereocenters. The third-order valence-corrected chi connectivity index (χ3v) is 5.80. The number of ketones is 1. The van der Waals surface area contributed by atoms with Gasteiger partial charge in [-0.15, -0.1) is 0 Å². The van der Waals surface area contributed by atoms with Crippen LogP contribution in [0.4, 0.5) is 0 Å². The summed E-state index contributed by atoms with van der Waals surface area (Å²) in [6.07, 6.45) is 0. The summed E-state index contributed by atoms with van der Waals surface area (Å²) in [6.45, 7) is 9.73. The average molecular weight is 424 g/mol. The maximum absolute atomic E-state index is 13.0. The number of nitrogens with zero attached hydrogens (tertiary/aromatic N) is 1. The van der Waals surface area contributed by atoms with Crippen LogP contribution < -0.4 is 9.64 Å². The fraction of sp³-hybridized carbons (Fsp3) is 0.360. The quantitative estimate of drug-likeness (QED) is 0.369. The SMILES string of the molecule is CCOc1ccc(C(O)=C2C(=O)C(=O)N(CC[NH+](CC)CC)[C@H]2c2ccccc2)cc1. The summed E-state index contributed by atoms with van der Waals surface area (Å²) in [5.74, 6) is -0.683. The number of amides is 1. The lowest BCUT2D eigenvalue weighted by Gasteiger charge is -2.26. The van der Waals surface area contributed by atoms with Crippen molar-refractivity contribution in [2.45, 2.75) is 26.8 Å². The number of aliphatic hydroxyl groups excluding tert-OH is 1. The number of likely N-dealkylation sites (N-methyl/N-ethyl adjacent to an activating group) is 1. The molecule has 1 amide bonds. The van der Waals surface area contributed by atoms with Gasteiger partial charge in [0.2, 0.25) is 0 Å². The standard InChI is InChI=1S/C25H30N2O4/c1-4-26(5-2)16-17-27-22(18-10-8-7-9-11-18)21(24(29)25(27)30)23(28)19-12-14-20(15-13-19)31-6-3/h7-15,22,28H,4-6,16-17H2,1-3H3/p+1/t22-/m0/s1. The highest BCUT2D eigenvalue weighted by Gasteiger charge is 2.46. The van der Waals surface area contributed by atoms with E-state index in [0.717, 1.165) is 25.2 Å². The van der Waals surface area contributed by atoms with Crippen molar-refractivity contribution in [3.63, 3.8) is 0 Å². The van der Waals surface area contributed by atoms with Gasteiger partial charge in [0, 0.05) is 5.56 Å². The smallest absolute Gasteiger partial charge is 0.295 e. The van der Waals surface area contributed by atoms with Crippen LogP contribution in [0.2, 0.25) is 0 Å². The lowest BCUT2D eigenvalue weighted by Crippen LogP contribution is -3.12. The fourth-order valence-corrected chi connectivity index (χ4v) is 4.01. The number of quaternary nitrogens is 1. The molecule has 0 spiro atoms. The van der Waals surface area contributed by atoms with Crippen LogP contribution in [0.5, 0.6) is 5.75 Å². The Balaban J connectivity index is 2.03. The van der Waals surface area contributed by atoms with Gasteiger partial charge in [0.1, 0.15) is 11.5 Å². The van der Waals surface area contributed by atoms with Gasteiger partial charge < -0.3 is 19.6 Å². The van der Waals surface area contributed by atoms with Crippen LogP contribution in [-0.4, -0.2) is 54.5 Å². The van der Waals surface area contributed by atoms with E-state index in [4.69, 9.17) is 4.74 Å². The molecule has 1 aliphatic heterocycles. The average Bonchev–Trinajstić information content (AvgIpc) is 3.05. The zero-order valence-corrected chi connectivity index (χ0v) is 18.4. The van der Waals surface area contributed by atoms with Crippen molar-refractivity contribution in [2.75, 3.05) is 32.8 Å². The molecule has 2 N–H and O–H groups in total. The van der Waals surface area contributed by atoms with E-state index in [-0.39, 0.29) is 11.3 Å². The lowest BCUT2D eigenvalue weighted by atomic mass is 9.95. The molecule has 2 aromatic carbocycles. The Labute approximate surface area is 183 Å². The van der Waals surface area contributed by atoms with E-state index in [2.05, 4.69) is 13.8 Å². The molecule has 164 valence electrons. The molecule has 6 nitrogen and oxygen atoms in total. The second kappa shape index (κ2) is 10.3. The normalized spacial score (nSPS) is 18.1. The topological polar surface area (TPSA) is 71.3 Å². The van der Waals surface area contributed by atoms with Crippen molar-refractivity contribution >= 4 is 17.4 Å². The fourth-order valence-electron chi connectivity index (χ4n) is 4.01. The molecule has 6 heteroatoms. The van der Waals surface area contributed by atoms with E-state index in [0.29, 0.717) is 24.5 Å². The summed E-state index contributed by atoms with van der Waals surface area (Å²) < 4.78 is 5.46. The Morgan fingerprint density at radius 3 is 2.23 bits per heavy atom. The lowest BCUT2D eigenvalue weighted by molar-refractivity contribution is -0.895. The van der Waals surface area contributed by atoms with Gasteiger partial charge in [0.15, 0.2) is 0 Å². The van der Waals surface area contributed by atoms with Gasteiger partial charge >= 0.3 is 0 Å². The molecule has 3 rings (SSSR count). The van der Waals surface area contributed by atoms with Crippen LogP contribution in [0, 0.1) is 0 Å². The number of hydrogen-bond donors (Lipinski definition) is 2. The number of rotatable bonds is 9.